The molecule has 0 atom stereocenters. The molecule has 9 aromatic rings. The van der Waals surface area contributed by atoms with Gasteiger partial charge in [0.05, 0.1) is 11.4 Å². The predicted octanol–water partition coefficient (Wildman–Crippen LogP) is 12.4. The van der Waals surface area contributed by atoms with E-state index in [-0.39, 0.29) is 5.41 Å². The minimum absolute atomic E-state index is 0.292. The highest BCUT2D eigenvalue weighted by molar-refractivity contribution is 6.09. The second kappa shape index (κ2) is 11.5. The molecule has 10 rings (SSSR count). The standard InChI is InChI=1S/C48H32N2O/c1-48(41-22-8-5-17-37(41)38-18-6-9-23-42(38)48)35-16-11-15-34(29-35)44-30-43(49-47(50-44)33-13-3-2-4-14-33)32-27-25-31(26-28-32)36-20-12-21-40-39-19-7-10-24-45(39)51-46(36)40/h2-30H,1H3. The van der Waals surface area contributed by atoms with Crippen LogP contribution in [0.3, 0.4) is 0 Å². The van der Waals surface area contributed by atoms with E-state index in [0.717, 1.165) is 61.1 Å². The van der Waals surface area contributed by atoms with Crippen LogP contribution in [0, 0.1) is 0 Å². The zero-order chi connectivity index (χ0) is 33.9. The van der Waals surface area contributed by atoms with Crippen molar-refractivity contribution < 1.29 is 4.42 Å². The first kappa shape index (κ1) is 29.3. The first-order chi connectivity index (χ1) is 25.1. The molecule has 0 unspecified atom stereocenters. The molecule has 0 spiro atoms. The van der Waals surface area contributed by atoms with E-state index in [4.69, 9.17) is 14.4 Å². The summed E-state index contributed by atoms with van der Waals surface area (Å²) >= 11 is 0. The summed E-state index contributed by atoms with van der Waals surface area (Å²) in [5, 5.41) is 2.26. The minimum Gasteiger partial charge on any atom is -0.455 e. The molecule has 2 aromatic heterocycles. The Balaban J connectivity index is 1.09. The van der Waals surface area contributed by atoms with Crippen LogP contribution in [0.5, 0.6) is 0 Å². The average molecular weight is 653 g/mol. The number of fused-ring (bicyclic) bond motifs is 6. The Morgan fingerprint density at radius 3 is 1.76 bits per heavy atom. The number of para-hydroxylation sites is 2. The van der Waals surface area contributed by atoms with E-state index < -0.39 is 0 Å². The summed E-state index contributed by atoms with van der Waals surface area (Å²) in [6.07, 6.45) is 0. The maximum atomic E-state index is 6.35. The Hall–Kier alpha value is -6.58. The van der Waals surface area contributed by atoms with Gasteiger partial charge in [-0.3, -0.25) is 0 Å². The topological polar surface area (TPSA) is 38.9 Å². The van der Waals surface area contributed by atoms with Crippen molar-refractivity contribution in [3.8, 4) is 56.2 Å². The van der Waals surface area contributed by atoms with Gasteiger partial charge >= 0.3 is 0 Å². The summed E-state index contributed by atoms with van der Waals surface area (Å²) in [4.78, 5) is 10.3. The van der Waals surface area contributed by atoms with Gasteiger partial charge in [0.25, 0.3) is 0 Å². The number of hydrogen-bond donors (Lipinski definition) is 0. The molecular formula is C48H32N2O. The van der Waals surface area contributed by atoms with Crippen LogP contribution in [-0.4, -0.2) is 9.97 Å². The zero-order valence-corrected chi connectivity index (χ0v) is 28.0. The van der Waals surface area contributed by atoms with E-state index in [1.165, 1.54) is 27.8 Å². The van der Waals surface area contributed by atoms with Crippen molar-refractivity contribution in [3.05, 3.63) is 193 Å². The van der Waals surface area contributed by atoms with Gasteiger partial charge in [-0.1, -0.05) is 158 Å². The van der Waals surface area contributed by atoms with Crippen LogP contribution in [0.4, 0.5) is 0 Å². The molecule has 2 heterocycles. The van der Waals surface area contributed by atoms with E-state index >= 15 is 0 Å². The third-order valence-corrected chi connectivity index (χ3v) is 10.6. The monoisotopic (exact) mass is 652 g/mol. The number of nitrogens with zero attached hydrogens (tertiary/aromatic N) is 2. The largest absolute Gasteiger partial charge is 0.455 e. The lowest BCUT2D eigenvalue weighted by atomic mass is 9.74. The number of rotatable bonds is 5. The molecule has 0 aliphatic heterocycles. The Bertz CT molecular complexity index is 2710. The van der Waals surface area contributed by atoms with Crippen LogP contribution in [0.1, 0.15) is 23.6 Å². The predicted molar refractivity (Wildman–Crippen MR) is 208 cm³/mol. The summed E-state index contributed by atoms with van der Waals surface area (Å²) in [6, 6.07) is 62.1. The van der Waals surface area contributed by atoms with E-state index in [0.29, 0.717) is 5.82 Å². The lowest BCUT2D eigenvalue weighted by Gasteiger charge is -2.28. The van der Waals surface area contributed by atoms with Crippen molar-refractivity contribution in [2.24, 2.45) is 0 Å². The van der Waals surface area contributed by atoms with Crippen LogP contribution in [-0.2, 0) is 5.41 Å². The molecule has 0 saturated heterocycles. The molecule has 0 amide bonds. The highest BCUT2D eigenvalue weighted by atomic mass is 16.3. The maximum absolute atomic E-state index is 6.35. The first-order valence-corrected chi connectivity index (χ1v) is 17.4. The molecule has 0 fully saturated rings. The van der Waals surface area contributed by atoms with E-state index in [1.807, 2.05) is 30.3 Å². The Morgan fingerprint density at radius 2 is 1.00 bits per heavy atom. The molecule has 0 radical (unpaired) electrons. The van der Waals surface area contributed by atoms with Crippen LogP contribution >= 0.6 is 0 Å². The average Bonchev–Trinajstić information content (AvgIpc) is 3.72. The Kier molecular flexibility index (Phi) is 6.62. The van der Waals surface area contributed by atoms with Gasteiger partial charge in [0.15, 0.2) is 5.82 Å². The molecule has 7 aromatic carbocycles. The molecule has 1 aliphatic carbocycles. The Morgan fingerprint density at radius 1 is 0.431 bits per heavy atom. The molecule has 51 heavy (non-hydrogen) atoms. The smallest absolute Gasteiger partial charge is 0.160 e. The third-order valence-electron chi connectivity index (χ3n) is 10.6. The van der Waals surface area contributed by atoms with E-state index in [9.17, 15) is 0 Å². The highest BCUT2D eigenvalue weighted by Gasteiger charge is 2.40. The SMILES string of the molecule is CC1(c2cccc(-c3cc(-c4ccc(-c5cccc6c5oc5ccccc56)cc4)nc(-c4ccccc4)n3)c2)c2ccccc2-c2ccccc21. The van der Waals surface area contributed by atoms with Crippen LogP contribution in [0.15, 0.2) is 180 Å². The van der Waals surface area contributed by atoms with Gasteiger partial charge in [0.1, 0.15) is 11.2 Å². The Labute approximate surface area is 296 Å². The van der Waals surface area contributed by atoms with Gasteiger partial charge in [0, 0.05) is 38.4 Å². The fourth-order valence-corrected chi connectivity index (χ4v) is 8.01. The molecule has 0 bridgehead atoms. The normalized spacial score (nSPS) is 13.0. The molecule has 0 N–H and O–H groups in total. The highest BCUT2D eigenvalue weighted by Crippen LogP contribution is 2.52. The van der Waals surface area contributed by atoms with Crippen LogP contribution in [0.2, 0.25) is 0 Å². The van der Waals surface area contributed by atoms with E-state index in [1.54, 1.807) is 0 Å². The van der Waals surface area contributed by atoms with Crippen molar-refractivity contribution in [3.63, 3.8) is 0 Å². The summed E-state index contributed by atoms with van der Waals surface area (Å²) in [5.74, 6) is 0.701. The quantitative estimate of drug-likeness (QED) is 0.186. The van der Waals surface area contributed by atoms with Crippen molar-refractivity contribution in [2.75, 3.05) is 0 Å². The van der Waals surface area contributed by atoms with Gasteiger partial charge in [0.2, 0.25) is 0 Å². The summed E-state index contributed by atoms with van der Waals surface area (Å²) in [5.41, 5.74) is 15.0. The minimum atomic E-state index is -0.292. The lowest BCUT2D eigenvalue weighted by molar-refractivity contribution is 0.670. The molecule has 3 nitrogen and oxygen atoms in total. The second-order valence-electron chi connectivity index (χ2n) is 13.5. The van der Waals surface area contributed by atoms with Gasteiger partial charge < -0.3 is 4.42 Å². The van der Waals surface area contributed by atoms with Crippen molar-refractivity contribution >= 4 is 21.9 Å². The lowest BCUT2D eigenvalue weighted by Crippen LogP contribution is -2.22. The van der Waals surface area contributed by atoms with Crippen LogP contribution in [0.25, 0.3) is 78.1 Å². The molecular weight excluding hydrogens is 621 g/mol. The fraction of sp³-hybridized carbons (Fsp3) is 0.0417. The number of hydrogen-bond acceptors (Lipinski definition) is 3. The van der Waals surface area contributed by atoms with Crippen molar-refractivity contribution in [1.29, 1.82) is 0 Å². The van der Waals surface area contributed by atoms with E-state index in [2.05, 4.69) is 153 Å². The summed E-state index contributed by atoms with van der Waals surface area (Å²) in [6.45, 7) is 2.35. The maximum Gasteiger partial charge on any atom is 0.160 e. The van der Waals surface area contributed by atoms with Crippen molar-refractivity contribution in [1.82, 2.24) is 9.97 Å². The third kappa shape index (κ3) is 4.66. The molecule has 240 valence electrons. The summed E-state index contributed by atoms with van der Waals surface area (Å²) in [7, 11) is 0. The first-order valence-electron chi connectivity index (χ1n) is 17.4. The molecule has 0 saturated carbocycles. The summed E-state index contributed by atoms with van der Waals surface area (Å²) < 4.78 is 6.35. The van der Waals surface area contributed by atoms with Gasteiger partial charge in [-0.15, -0.1) is 0 Å². The number of aromatic nitrogens is 2. The molecule has 3 heteroatoms. The second-order valence-corrected chi connectivity index (χ2v) is 13.5. The molecule has 1 aliphatic rings. The van der Waals surface area contributed by atoms with Gasteiger partial charge in [-0.2, -0.15) is 0 Å². The van der Waals surface area contributed by atoms with Crippen molar-refractivity contribution in [2.45, 2.75) is 12.3 Å². The zero-order valence-electron chi connectivity index (χ0n) is 28.0. The van der Waals surface area contributed by atoms with Gasteiger partial charge in [-0.25, -0.2) is 9.97 Å². The van der Waals surface area contributed by atoms with Crippen LogP contribution < -0.4 is 0 Å². The van der Waals surface area contributed by atoms with Gasteiger partial charge in [-0.05, 0) is 58.5 Å². The number of benzene rings is 7. The number of furan rings is 1. The fourth-order valence-electron chi connectivity index (χ4n) is 8.01.